The Hall–Kier alpha value is -3.00. The van der Waals surface area contributed by atoms with Crippen molar-refractivity contribution in [2.45, 2.75) is 0 Å². The number of anilines is 2. The van der Waals surface area contributed by atoms with E-state index < -0.39 is 5.97 Å². The van der Waals surface area contributed by atoms with Gasteiger partial charge >= 0.3 is 5.97 Å². The molecular weight excluding hydrogens is 465 g/mol. The fourth-order valence-corrected chi connectivity index (χ4v) is 3.41. The molecule has 0 atom stereocenters. The molecule has 0 aliphatic rings. The molecule has 0 unspecified atom stereocenters. The maximum atomic E-state index is 12.1. The first-order valence-corrected chi connectivity index (χ1v) is 9.70. The maximum absolute atomic E-state index is 12.1. The van der Waals surface area contributed by atoms with Gasteiger partial charge in [-0.15, -0.1) is 0 Å². The number of benzene rings is 3. The van der Waals surface area contributed by atoms with Crippen LogP contribution in [0.2, 0.25) is 0 Å². The summed E-state index contributed by atoms with van der Waals surface area (Å²) in [7, 11) is 1.37. The number of methoxy groups -OCH3 is 1. The first kappa shape index (κ1) is 18.4. The Morgan fingerprint density at radius 1 is 0.964 bits per heavy atom. The number of halogens is 1. The third kappa shape index (κ3) is 3.68. The summed E-state index contributed by atoms with van der Waals surface area (Å²) >= 11 is 2.26. The van der Waals surface area contributed by atoms with Crippen molar-refractivity contribution in [1.29, 1.82) is 0 Å². The molecule has 4 aromatic rings. The van der Waals surface area contributed by atoms with Crippen LogP contribution < -0.4 is 5.32 Å². The molecule has 1 N–H and O–H groups in total. The van der Waals surface area contributed by atoms with Gasteiger partial charge in [0.15, 0.2) is 5.82 Å². The third-order valence-corrected chi connectivity index (χ3v) is 4.95. The van der Waals surface area contributed by atoms with Gasteiger partial charge in [-0.1, -0.05) is 42.5 Å². The SMILES string of the molecule is COC(=O)c1ccccc1Nc1nc(-c2ccccc2)nc2ccc(I)cc12. The van der Waals surface area contributed by atoms with Gasteiger partial charge in [-0.05, 0) is 52.9 Å². The average Bonchev–Trinajstić information content (AvgIpc) is 2.74. The van der Waals surface area contributed by atoms with E-state index in [0.717, 1.165) is 20.0 Å². The van der Waals surface area contributed by atoms with Crippen LogP contribution in [0.3, 0.4) is 0 Å². The van der Waals surface area contributed by atoms with Crippen molar-refractivity contribution in [3.05, 3.63) is 81.9 Å². The quantitative estimate of drug-likeness (QED) is 0.311. The van der Waals surface area contributed by atoms with E-state index >= 15 is 0 Å². The van der Waals surface area contributed by atoms with Gasteiger partial charge in [-0.25, -0.2) is 14.8 Å². The predicted molar refractivity (Wildman–Crippen MR) is 119 cm³/mol. The van der Waals surface area contributed by atoms with Gasteiger partial charge in [0.2, 0.25) is 0 Å². The maximum Gasteiger partial charge on any atom is 0.339 e. The number of carbonyl (C=O) groups excluding carboxylic acids is 1. The highest BCUT2D eigenvalue weighted by atomic mass is 127. The Kier molecular flexibility index (Phi) is 5.21. The lowest BCUT2D eigenvalue weighted by Crippen LogP contribution is -2.07. The molecule has 0 fully saturated rings. The van der Waals surface area contributed by atoms with Crippen LogP contribution in [0.1, 0.15) is 10.4 Å². The van der Waals surface area contributed by atoms with Crippen LogP contribution in [0.25, 0.3) is 22.3 Å². The summed E-state index contributed by atoms with van der Waals surface area (Å²) in [6.45, 7) is 0. The fourth-order valence-electron chi connectivity index (χ4n) is 2.92. The minimum Gasteiger partial charge on any atom is -0.465 e. The lowest BCUT2D eigenvalue weighted by Gasteiger charge is -2.13. The highest BCUT2D eigenvalue weighted by Crippen LogP contribution is 2.30. The second-order valence-electron chi connectivity index (χ2n) is 6.09. The van der Waals surface area contributed by atoms with Crippen molar-refractivity contribution in [3.63, 3.8) is 0 Å². The predicted octanol–water partition coefficient (Wildman–Crippen LogP) is 5.43. The number of nitrogens with one attached hydrogen (secondary N) is 1. The first-order valence-electron chi connectivity index (χ1n) is 8.63. The number of hydrogen-bond donors (Lipinski definition) is 1. The molecule has 138 valence electrons. The second kappa shape index (κ2) is 7.93. The monoisotopic (exact) mass is 481 g/mol. The van der Waals surface area contributed by atoms with Crippen molar-refractivity contribution in [3.8, 4) is 11.4 Å². The minimum atomic E-state index is -0.403. The topological polar surface area (TPSA) is 64.1 Å². The minimum absolute atomic E-state index is 0.403. The molecule has 0 saturated heterocycles. The Balaban J connectivity index is 1.88. The molecule has 1 aromatic heterocycles. The van der Waals surface area contributed by atoms with Crippen molar-refractivity contribution in [2.24, 2.45) is 0 Å². The molecule has 0 bridgehead atoms. The summed E-state index contributed by atoms with van der Waals surface area (Å²) in [6, 6.07) is 23.0. The lowest BCUT2D eigenvalue weighted by atomic mass is 10.1. The van der Waals surface area contributed by atoms with Crippen LogP contribution >= 0.6 is 22.6 Å². The van der Waals surface area contributed by atoms with Gasteiger partial charge in [-0.3, -0.25) is 0 Å². The number of esters is 1. The van der Waals surface area contributed by atoms with E-state index in [1.54, 1.807) is 12.1 Å². The van der Waals surface area contributed by atoms with Crippen LogP contribution in [0.4, 0.5) is 11.5 Å². The van der Waals surface area contributed by atoms with E-state index in [1.165, 1.54) is 7.11 Å². The van der Waals surface area contributed by atoms with Crippen molar-refractivity contribution in [2.75, 3.05) is 12.4 Å². The Morgan fingerprint density at radius 3 is 2.50 bits per heavy atom. The number of rotatable bonds is 4. The Bertz CT molecular complexity index is 1160. The number of fused-ring (bicyclic) bond motifs is 1. The number of nitrogens with zero attached hydrogens (tertiary/aromatic N) is 2. The van der Waals surface area contributed by atoms with Gasteiger partial charge in [0.25, 0.3) is 0 Å². The average molecular weight is 481 g/mol. The first-order chi connectivity index (χ1) is 13.7. The van der Waals surface area contributed by atoms with Crippen LogP contribution in [0.15, 0.2) is 72.8 Å². The molecule has 4 rings (SSSR count). The molecule has 6 heteroatoms. The van der Waals surface area contributed by atoms with Crippen molar-refractivity contribution >= 4 is 51.0 Å². The molecule has 0 spiro atoms. The molecule has 0 saturated carbocycles. The number of para-hydroxylation sites is 1. The van der Waals surface area contributed by atoms with E-state index in [0.29, 0.717) is 22.9 Å². The number of aromatic nitrogens is 2. The van der Waals surface area contributed by atoms with Crippen LogP contribution in [0, 0.1) is 3.57 Å². The summed E-state index contributed by atoms with van der Waals surface area (Å²) in [5.74, 6) is 0.852. The van der Waals surface area contributed by atoms with E-state index in [9.17, 15) is 4.79 Å². The Labute approximate surface area is 175 Å². The lowest BCUT2D eigenvalue weighted by molar-refractivity contribution is 0.0602. The molecule has 0 amide bonds. The smallest absolute Gasteiger partial charge is 0.339 e. The molecule has 28 heavy (non-hydrogen) atoms. The van der Waals surface area contributed by atoms with E-state index in [4.69, 9.17) is 14.7 Å². The molecule has 0 aliphatic heterocycles. The number of hydrogen-bond acceptors (Lipinski definition) is 5. The molecule has 0 radical (unpaired) electrons. The van der Waals surface area contributed by atoms with Crippen molar-refractivity contribution < 1.29 is 9.53 Å². The summed E-state index contributed by atoms with van der Waals surface area (Å²) < 4.78 is 5.98. The number of ether oxygens (including phenoxy) is 1. The summed E-state index contributed by atoms with van der Waals surface area (Å²) in [6.07, 6.45) is 0. The highest BCUT2D eigenvalue weighted by Gasteiger charge is 2.15. The summed E-state index contributed by atoms with van der Waals surface area (Å²) in [5.41, 5.74) is 2.83. The van der Waals surface area contributed by atoms with Crippen molar-refractivity contribution in [1.82, 2.24) is 9.97 Å². The van der Waals surface area contributed by atoms with E-state index in [-0.39, 0.29) is 0 Å². The second-order valence-corrected chi connectivity index (χ2v) is 7.33. The fraction of sp³-hybridized carbons (Fsp3) is 0.0455. The van der Waals surface area contributed by atoms with E-state index in [2.05, 4.69) is 27.9 Å². The molecule has 5 nitrogen and oxygen atoms in total. The van der Waals surface area contributed by atoms with E-state index in [1.807, 2.05) is 60.7 Å². The third-order valence-electron chi connectivity index (χ3n) is 4.28. The van der Waals surface area contributed by atoms with Crippen LogP contribution in [0.5, 0.6) is 0 Å². The zero-order valence-corrected chi connectivity index (χ0v) is 17.2. The van der Waals surface area contributed by atoms with Gasteiger partial charge < -0.3 is 10.1 Å². The normalized spacial score (nSPS) is 10.6. The van der Waals surface area contributed by atoms with Gasteiger partial charge in [0.05, 0.1) is 23.9 Å². The van der Waals surface area contributed by atoms with Gasteiger partial charge in [-0.2, -0.15) is 0 Å². The Morgan fingerprint density at radius 2 is 1.71 bits per heavy atom. The molecule has 3 aromatic carbocycles. The molecular formula is C22H16IN3O2. The zero-order valence-electron chi connectivity index (χ0n) is 15.0. The summed E-state index contributed by atoms with van der Waals surface area (Å²) in [5, 5.41) is 4.19. The van der Waals surface area contributed by atoms with Crippen LogP contribution in [-0.2, 0) is 4.74 Å². The highest BCUT2D eigenvalue weighted by molar-refractivity contribution is 14.1. The van der Waals surface area contributed by atoms with Gasteiger partial charge in [0.1, 0.15) is 5.82 Å². The van der Waals surface area contributed by atoms with Gasteiger partial charge in [0, 0.05) is 14.5 Å². The largest absolute Gasteiger partial charge is 0.465 e. The van der Waals surface area contributed by atoms with Crippen LogP contribution in [-0.4, -0.2) is 23.0 Å². The number of carbonyl (C=O) groups is 1. The molecule has 0 aliphatic carbocycles. The zero-order chi connectivity index (χ0) is 19.5. The molecule has 1 heterocycles. The summed E-state index contributed by atoms with van der Waals surface area (Å²) in [4.78, 5) is 21.6. The standard InChI is InChI=1S/C22H16IN3O2/c1-28-22(27)16-9-5-6-10-18(16)25-21-17-13-15(23)11-12-19(17)24-20(26-21)14-7-3-2-4-8-14/h2-13H,1H3,(H,24,25,26).